The summed E-state index contributed by atoms with van der Waals surface area (Å²) in [5.41, 5.74) is -0.0306. The van der Waals surface area contributed by atoms with Gasteiger partial charge in [0.25, 0.3) is 0 Å². The van der Waals surface area contributed by atoms with Gasteiger partial charge in [0.15, 0.2) is 5.75 Å². The quantitative estimate of drug-likeness (QED) is 0.665. The van der Waals surface area contributed by atoms with E-state index in [0.29, 0.717) is 5.75 Å². The van der Waals surface area contributed by atoms with E-state index >= 15 is 0 Å². The molecule has 0 aliphatic heterocycles. The first-order valence-electron chi connectivity index (χ1n) is 6.35. The molecule has 9 heteroatoms. The van der Waals surface area contributed by atoms with E-state index < -0.39 is 4.92 Å². The van der Waals surface area contributed by atoms with E-state index in [1.165, 1.54) is 13.1 Å². The molecule has 0 atom stereocenters. The SMILES string of the molecule is CNc1nc(C)c([N+](=O)[O-])c(Oc2cnn(C(C)C)c2)n1. The minimum absolute atomic E-state index is 0.111. The van der Waals surface area contributed by atoms with Crippen molar-refractivity contribution >= 4 is 11.6 Å². The molecule has 2 aromatic rings. The Morgan fingerprint density at radius 2 is 2.14 bits per heavy atom. The molecule has 0 aliphatic carbocycles. The third-order valence-corrected chi connectivity index (χ3v) is 2.75. The van der Waals surface area contributed by atoms with Crippen LogP contribution in [0.1, 0.15) is 25.6 Å². The van der Waals surface area contributed by atoms with Gasteiger partial charge in [0.1, 0.15) is 5.69 Å². The lowest BCUT2D eigenvalue weighted by molar-refractivity contribution is -0.386. The van der Waals surface area contributed by atoms with Gasteiger partial charge in [0.05, 0.1) is 17.3 Å². The highest BCUT2D eigenvalue weighted by Crippen LogP contribution is 2.32. The largest absolute Gasteiger partial charge is 0.430 e. The summed E-state index contributed by atoms with van der Waals surface area (Å²) < 4.78 is 7.20. The first-order valence-corrected chi connectivity index (χ1v) is 6.35. The fourth-order valence-corrected chi connectivity index (χ4v) is 1.70. The predicted octanol–water partition coefficient (Wildman–Crippen LogP) is 2.30. The minimum Gasteiger partial charge on any atom is -0.430 e. The molecule has 2 rings (SSSR count). The fourth-order valence-electron chi connectivity index (χ4n) is 1.70. The van der Waals surface area contributed by atoms with Gasteiger partial charge in [-0.1, -0.05) is 0 Å². The van der Waals surface area contributed by atoms with E-state index in [2.05, 4.69) is 20.4 Å². The Kier molecular flexibility index (Phi) is 4.01. The van der Waals surface area contributed by atoms with E-state index in [0.717, 1.165) is 0 Å². The van der Waals surface area contributed by atoms with Crippen molar-refractivity contribution in [2.75, 3.05) is 12.4 Å². The van der Waals surface area contributed by atoms with Gasteiger partial charge in [-0.15, -0.1) is 0 Å². The molecule has 0 radical (unpaired) electrons. The van der Waals surface area contributed by atoms with E-state index in [1.807, 2.05) is 13.8 Å². The van der Waals surface area contributed by atoms with Crippen LogP contribution in [-0.4, -0.2) is 31.7 Å². The molecule has 0 saturated heterocycles. The van der Waals surface area contributed by atoms with Crippen LogP contribution in [-0.2, 0) is 0 Å². The molecule has 21 heavy (non-hydrogen) atoms. The Hall–Kier alpha value is -2.71. The predicted molar refractivity (Wildman–Crippen MR) is 75.7 cm³/mol. The molecule has 2 aromatic heterocycles. The number of aromatic nitrogens is 4. The Morgan fingerprint density at radius 3 is 2.67 bits per heavy atom. The number of ether oxygens (including phenoxy) is 1. The molecule has 0 bridgehead atoms. The van der Waals surface area contributed by atoms with Crippen LogP contribution in [0.5, 0.6) is 11.6 Å². The summed E-state index contributed by atoms with van der Waals surface area (Å²) in [4.78, 5) is 18.6. The molecule has 0 saturated carbocycles. The lowest BCUT2D eigenvalue weighted by atomic mass is 10.3. The van der Waals surface area contributed by atoms with Gasteiger partial charge in [0, 0.05) is 13.1 Å². The summed E-state index contributed by atoms with van der Waals surface area (Å²) in [7, 11) is 1.63. The van der Waals surface area contributed by atoms with Crippen LogP contribution in [0.3, 0.4) is 0 Å². The maximum atomic E-state index is 11.2. The highest BCUT2D eigenvalue weighted by atomic mass is 16.6. The Morgan fingerprint density at radius 1 is 1.43 bits per heavy atom. The van der Waals surface area contributed by atoms with Crippen molar-refractivity contribution in [3.63, 3.8) is 0 Å². The molecular weight excluding hydrogens is 276 g/mol. The van der Waals surface area contributed by atoms with Crippen molar-refractivity contribution in [2.45, 2.75) is 26.8 Å². The summed E-state index contributed by atoms with van der Waals surface area (Å²) >= 11 is 0. The van der Waals surface area contributed by atoms with Gasteiger partial charge in [-0.2, -0.15) is 10.1 Å². The molecule has 0 spiro atoms. The smallest absolute Gasteiger partial charge is 0.352 e. The topological polar surface area (TPSA) is 108 Å². The first-order chi connectivity index (χ1) is 9.92. The zero-order valence-corrected chi connectivity index (χ0v) is 12.2. The second kappa shape index (κ2) is 5.73. The third-order valence-electron chi connectivity index (χ3n) is 2.75. The van der Waals surface area contributed by atoms with Crippen LogP contribution in [0.15, 0.2) is 12.4 Å². The fraction of sp³-hybridized carbons (Fsp3) is 0.417. The van der Waals surface area contributed by atoms with Gasteiger partial charge < -0.3 is 10.1 Å². The standard InChI is InChI=1S/C12H16N6O3/c1-7(2)17-6-9(5-14-17)21-11-10(18(19)20)8(3)15-12(13-4)16-11/h5-7H,1-4H3,(H,13,15,16). The monoisotopic (exact) mass is 292 g/mol. The van der Waals surface area contributed by atoms with E-state index in [-0.39, 0.29) is 29.3 Å². The first kappa shape index (κ1) is 14.7. The van der Waals surface area contributed by atoms with Crippen LogP contribution in [0.2, 0.25) is 0 Å². The number of rotatable bonds is 5. The summed E-state index contributed by atoms with van der Waals surface area (Å²) in [6.07, 6.45) is 3.14. The van der Waals surface area contributed by atoms with Crippen molar-refractivity contribution in [2.24, 2.45) is 0 Å². The number of nitro groups is 1. The van der Waals surface area contributed by atoms with Crippen LogP contribution in [0, 0.1) is 17.0 Å². The molecule has 0 aromatic carbocycles. The van der Waals surface area contributed by atoms with Crippen molar-refractivity contribution in [1.82, 2.24) is 19.7 Å². The second-order valence-corrected chi connectivity index (χ2v) is 4.65. The lowest BCUT2D eigenvalue weighted by Gasteiger charge is -2.07. The third kappa shape index (κ3) is 3.07. The molecule has 0 unspecified atom stereocenters. The number of nitrogens with zero attached hydrogens (tertiary/aromatic N) is 5. The molecule has 0 fully saturated rings. The normalized spacial score (nSPS) is 10.7. The Balaban J connectivity index is 2.41. The molecule has 0 aliphatic rings. The molecule has 2 heterocycles. The van der Waals surface area contributed by atoms with Crippen LogP contribution < -0.4 is 10.1 Å². The summed E-state index contributed by atoms with van der Waals surface area (Å²) in [5, 5.41) is 18.0. The molecule has 112 valence electrons. The average Bonchev–Trinajstić information content (AvgIpc) is 2.86. The van der Waals surface area contributed by atoms with Crippen molar-refractivity contribution in [3.05, 3.63) is 28.2 Å². The van der Waals surface area contributed by atoms with Crippen LogP contribution in [0.25, 0.3) is 0 Å². The van der Waals surface area contributed by atoms with E-state index in [9.17, 15) is 10.1 Å². The van der Waals surface area contributed by atoms with Gasteiger partial charge in [-0.3, -0.25) is 14.8 Å². The Bertz CT molecular complexity index is 667. The maximum absolute atomic E-state index is 11.2. The van der Waals surface area contributed by atoms with Crippen LogP contribution in [0.4, 0.5) is 11.6 Å². The molecule has 9 nitrogen and oxygen atoms in total. The maximum Gasteiger partial charge on any atom is 0.352 e. The van der Waals surface area contributed by atoms with Gasteiger partial charge in [0.2, 0.25) is 5.95 Å². The second-order valence-electron chi connectivity index (χ2n) is 4.65. The summed E-state index contributed by atoms with van der Waals surface area (Å²) in [6, 6.07) is 0.164. The van der Waals surface area contributed by atoms with Crippen LogP contribution >= 0.6 is 0 Å². The lowest BCUT2D eigenvalue weighted by Crippen LogP contribution is -2.05. The highest BCUT2D eigenvalue weighted by molar-refractivity contribution is 5.50. The van der Waals surface area contributed by atoms with Gasteiger partial charge in [-0.05, 0) is 20.8 Å². The summed E-state index contributed by atoms with van der Waals surface area (Å²) in [5.74, 6) is 0.525. The zero-order chi connectivity index (χ0) is 15.6. The van der Waals surface area contributed by atoms with Crippen molar-refractivity contribution in [1.29, 1.82) is 0 Å². The number of anilines is 1. The average molecular weight is 292 g/mol. The molecule has 1 N–H and O–H groups in total. The molecule has 0 amide bonds. The summed E-state index contributed by atoms with van der Waals surface area (Å²) in [6.45, 7) is 5.46. The highest BCUT2D eigenvalue weighted by Gasteiger charge is 2.24. The number of hydrogen-bond acceptors (Lipinski definition) is 7. The van der Waals surface area contributed by atoms with E-state index in [4.69, 9.17) is 4.74 Å². The number of nitrogens with one attached hydrogen (secondary N) is 1. The zero-order valence-electron chi connectivity index (χ0n) is 12.2. The van der Waals surface area contributed by atoms with E-state index in [1.54, 1.807) is 17.9 Å². The molecular formula is C12H16N6O3. The van der Waals surface area contributed by atoms with Crippen molar-refractivity contribution < 1.29 is 9.66 Å². The number of aryl methyl sites for hydroxylation is 1. The van der Waals surface area contributed by atoms with Gasteiger partial charge in [-0.25, -0.2) is 4.98 Å². The number of hydrogen-bond donors (Lipinski definition) is 1. The Labute approximate surface area is 121 Å². The van der Waals surface area contributed by atoms with Gasteiger partial charge >= 0.3 is 11.6 Å². The van der Waals surface area contributed by atoms with Crippen molar-refractivity contribution in [3.8, 4) is 11.6 Å². The minimum atomic E-state index is -0.559.